The number of H-pyrrole nitrogens is 1. The molecule has 0 saturated carbocycles. The van der Waals surface area contributed by atoms with Gasteiger partial charge in [0.25, 0.3) is 0 Å². The molecule has 0 aliphatic heterocycles. The predicted octanol–water partition coefficient (Wildman–Crippen LogP) is 7.29. The minimum absolute atomic E-state index is 0.236. The molecule has 172 valence electrons. The third kappa shape index (κ3) is 5.15. The molecule has 0 bridgehead atoms. The van der Waals surface area contributed by atoms with Crippen LogP contribution in [0.15, 0.2) is 53.0 Å². The molecule has 4 aromatic rings. The Kier molecular flexibility index (Phi) is 7.32. The molecular weight excluding hydrogens is 541 g/mol. The number of aromatic amines is 1. The molecule has 0 radical (unpaired) electrons. The molecule has 0 saturated heterocycles. The molecule has 0 aliphatic rings. The number of nitriles is 1. The second-order valence-corrected chi connectivity index (χ2v) is 8.89. The maximum absolute atomic E-state index is 9.80. The van der Waals surface area contributed by atoms with Gasteiger partial charge < -0.3 is 19.2 Å². The fourth-order valence-corrected chi connectivity index (χ4v) is 4.18. The molecule has 3 aromatic carbocycles. The van der Waals surface area contributed by atoms with Crippen molar-refractivity contribution in [1.82, 2.24) is 9.97 Å². The highest BCUT2D eigenvalue weighted by molar-refractivity contribution is 9.10. The van der Waals surface area contributed by atoms with E-state index >= 15 is 0 Å². The number of benzene rings is 3. The van der Waals surface area contributed by atoms with E-state index in [2.05, 4.69) is 32.0 Å². The number of halogens is 3. The summed E-state index contributed by atoms with van der Waals surface area (Å²) in [4.78, 5) is 7.70. The van der Waals surface area contributed by atoms with Crippen LogP contribution in [0.1, 0.15) is 17.0 Å². The molecule has 0 atom stereocenters. The fourth-order valence-electron chi connectivity index (χ4n) is 3.28. The van der Waals surface area contributed by atoms with Crippen LogP contribution in [0.2, 0.25) is 10.0 Å². The molecule has 0 amide bonds. The lowest BCUT2D eigenvalue weighted by Crippen LogP contribution is -1.99. The van der Waals surface area contributed by atoms with Gasteiger partial charge in [0.05, 0.1) is 30.8 Å². The van der Waals surface area contributed by atoms with Crippen LogP contribution in [0, 0.1) is 11.3 Å². The first-order valence-electron chi connectivity index (χ1n) is 10.0. The second-order valence-electron chi connectivity index (χ2n) is 7.19. The number of rotatable bonds is 7. The minimum atomic E-state index is 0.236. The summed E-state index contributed by atoms with van der Waals surface area (Å²) >= 11 is 15.8. The summed E-state index contributed by atoms with van der Waals surface area (Å²) in [5.74, 6) is 2.18. The van der Waals surface area contributed by atoms with Crippen molar-refractivity contribution in [2.24, 2.45) is 0 Å². The number of methoxy groups -OCH3 is 2. The second kappa shape index (κ2) is 10.4. The van der Waals surface area contributed by atoms with E-state index in [4.69, 9.17) is 37.4 Å². The Morgan fingerprint density at radius 1 is 1.09 bits per heavy atom. The van der Waals surface area contributed by atoms with Crippen LogP contribution in [0.25, 0.3) is 22.7 Å². The van der Waals surface area contributed by atoms with Crippen molar-refractivity contribution in [3.05, 3.63) is 80.0 Å². The Balaban J connectivity index is 1.64. The number of hydrogen-bond acceptors (Lipinski definition) is 5. The highest BCUT2D eigenvalue weighted by Crippen LogP contribution is 2.36. The number of aromatic nitrogens is 2. The average molecular weight is 559 g/mol. The lowest BCUT2D eigenvalue weighted by molar-refractivity contribution is 0.284. The van der Waals surface area contributed by atoms with Gasteiger partial charge in [0.2, 0.25) is 0 Å². The molecule has 1 heterocycles. The monoisotopic (exact) mass is 557 g/mol. The van der Waals surface area contributed by atoms with Gasteiger partial charge in [0, 0.05) is 26.1 Å². The molecule has 0 fully saturated rings. The normalized spacial score (nSPS) is 11.4. The van der Waals surface area contributed by atoms with Crippen molar-refractivity contribution in [2.45, 2.75) is 6.61 Å². The van der Waals surface area contributed by atoms with Crippen LogP contribution in [0.4, 0.5) is 0 Å². The van der Waals surface area contributed by atoms with Gasteiger partial charge >= 0.3 is 0 Å². The maximum atomic E-state index is 9.80. The van der Waals surface area contributed by atoms with E-state index in [1.165, 1.54) is 0 Å². The third-order valence-electron chi connectivity index (χ3n) is 5.05. The van der Waals surface area contributed by atoms with Gasteiger partial charge in [-0.3, -0.25) is 0 Å². The molecule has 0 spiro atoms. The topological polar surface area (TPSA) is 80.2 Å². The van der Waals surface area contributed by atoms with E-state index in [0.29, 0.717) is 38.7 Å². The first kappa shape index (κ1) is 24.0. The van der Waals surface area contributed by atoms with Gasteiger partial charge in [-0.2, -0.15) is 5.26 Å². The van der Waals surface area contributed by atoms with E-state index < -0.39 is 0 Å². The number of fused-ring (bicyclic) bond motifs is 1. The molecule has 6 nitrogen and oxygen atoms in total. The lowest BCUT2D eigenvalue weighted by atomic mass is 10.1. The summed E-state index contributed by atoms with van der Waals surface area (Å²) in [5, 5.41) is 10.9. The smallest absolute Gasteiger partial charge is 0.162 e. The number of hydrogen-bond donors (Lipinski definition) is 1. The van der Waals surface area contributed by atoms with Gasteiger partial charge in [-0.25, -0.2) is 4.98 Å². The first-order valence-corrected chi connectivity index (χ1v) is 11.6. The molecular formula is C25H18BrCl2N3O3. The maximum Gasteiger partial charge on any atom is 0.162 e. The summed E-state index contributed by atoms with van der Waals surface area (Å²) in [6.07, 6.45) is 1.72. The fraction of sp³-hybridized carbons (Fsp3) is 0.120. The number of ether oxygens (including phenoxy) is 3. The van der Waals surface area contributed by atoms with Gasteiger partial charge in [0.15, 0.2) is 11.5 Å². The van der Waals surface area contributed by atoms with Gasteiger partial charge in [-0.05, 0) is 48.0 Å². The van der Waals surface area contributed by atoms with Crippen molar-refractivity contribution in [3.8, 4) is 23.3 Å². The number of allylic oxidation sites excluding steroid dienone is 1. The van der Waals surface area contributed by atoms with Crippen molar-refractivity contribution < 1.29 is 14.2 Å². The SMILES string of the molecule is COc1ccc2nc(/C(C#N)=C\c3cc(OC)c(OCc4ccc(Cl)cc4Cl)cc3Br)[nH]c2c1. The first-order chi connectivity index (χ1) is 16.4. The zero-order valence-corrected chi connectivity index (χ0v) is 21.3. The van der Waals surface area contributed by atoms with Crippen molar-refractivity contribution in [3.63, 3.8) is 0 Å². The summed E-state index contributed by atoms with van der Waals surface area (Å²) in [6, 6.07) is 16.5. The summed E-state index contributed by atoms with van der Waals surface area (Å²) in [7, 11) is 3.15. The van der Waals surface area contributed by atoms with Crippen molar-refractivity contribution >= 4 is 61.8 Å². The van der Waals surface area contributed by atoms with Crippen LogP contribution in [-0.4, -0.2) is 24.2 Å². The molecule has 34 heavy (non-hydrogen) atoms. The van der Waals surface area contributed by atoms with Gasteiger partial charge in [-0.1, -0.05) is 45.2 Å². The van der Waals surface area contributed by atoms with Gasteiger partial charge in [-0.15, -0.1) is 0 Å². The van der Waals surface area contributed by atoms with Crippen LogP contribution >= 0.6 is 39.1 Å². The minimum Gasteiger partial charge on any atom is -0.497 e. The van der Waals surface area contributed by atoms with Crippen LogP contribution < -0.4 is 14.2 Å². The largest absolute Gasteiger partial charge is 0.497 e. The number of nitrogens with one attached hydrogen (secondary N) is 1. The van der Waals surface area contributed by atoms with Crippen molar-refractivity contribution in [1.29, 1.82) is 5.26 Å². The van der Waals surface area contributed by atoms with Crippen LogP contribution in [0.3, 0.4) is 0 Å². The van der Waals surface area contributed by atoms with E-state index in [1.807, 2.05) is 24.3 Å². The molecule has 0 unspecified atom stereocenters. The molecule has 1 aromatic heterocycles. The number of nitrogens with zero attached hydrogens (tertiary/aromatic N) is 2. The van der Waals surface area contributed by atoms with E-state index in [-0.39, 0.29) is 6.61 Å². The summed E-state index contributed by atoms with van der Waals surface area (Å²) < 4.78 is 17.4. The Labute approximate surface area is 214 Å². The van der Waals surface area contributed by atoms with E-state index in [0.717, 1.165) is 26.6 Å². The Hall–Kier alpha value is -3.18. The highest BCUT2D eigenvalue weighted by atomic mass is 79.9. The van der Waals surface area contributed by atoms with Crippen LogP contribution in [0.5, 0.6) is 17.2 Å². The Morgan fingerprint density at radius 3 is 2.62 bits per heavy atom. The standard InChI is InChI=1S/C25H18BrCl2N3O3/c1-32-18-5-6-21-22(10-18)31-25(30-21)16(12-29)7-15-8-23(33-2)24(11-19(15)26)34-13-14-3-4-17(27)9-20(14)28/h3-11H,13H2,1-2H3,(H,30,31)/b16-7-. The summed E-state index contributed by atoms with van der Waals surface area (Å²) in [5.41, 5.74) is 3.39. The van der Waals surface area contributed by atoms with E-state index in [9.17, 15) is 5.26 Å². The highest BCUT2D eigenvalue weighted by Gasteiger charge is 2.14. The molecule has 0 aliphatic carbocycles. The van der Waals surface area contributed by atoms with Crippen molar-refractivity contribution in [2.75, 3.05) is 14.2 Å². The Morgan fingerprint density at radius 2 is 1.91 bits per heavy atom. The zero-order chi connectivity index (χ0) is 24.2. The molecule has 4 rings (SSSR count). The third-order valence-corrected chi connectivity index (χ3v) is 6.32. The van der Waals surface area contributed by atoms with Gasteiger partial charge in [0.1, 0.15) is 24.3 Å². The van der Waals surface area contributed by atoms with E-state index in [1.54, 1.807) is 44.6 Å². The lowest BCUT2D eigenvalue weighted by Gasteiger charge is -2.14. The quantitative estimate of drug-likeness (QED) is 0.241. The van der Waals surface area contributed by atoms with Crippen LogP contribution in [-0.2, 0) is 6.61 Å². The number of imidazole rings is 1. The molecule has 9 heteroatoms. The zero-order valence-electron chi connectivity index (χ0n) is 18.2. The molecule has 1 N–H and O–H groups in total. The predicted molar refractivity (Wildman–Crippen MR) is 138 cm³/mol. The summed E-state index contributed by atoms with van der Waals surface area (Å²) in [6.45, 7) is 0.236. The Bertz CT molecular complexity index is 1440. The average Bonchev–Trinajstić information content (AvgIpc) is 3.25.